The number of aryl methyl sites for hydroxylation is 1. The normalized spacial score (nSPS) is 19.6. The molecule has 1 aromatic carbocycles. The predicted molar refractivity (Wildman–Crippen MR) is 102 cm³/mol. The maximum absolute atomic E-state index is 12.4. The number of thiazole rings is 1. The summed E-state index contributed by atoms with van der Waals surface area (Å²) < 4.78 is 0. The summed E-state index contributed by atoms with van der Waals surface area (Å²) in [6, 6.07) is 7.71. The summed E-state index contributed by atoms with van der Waals surface area (Å²) in [6.45, 7) is 2.56. The maximum atomic E-state index is 12.4. The van der Waals surface area contributed by atoms with Crippen LogP contribution in [0.5, 0.6) is 0 Å². The van der Waals surface area contributed by atoms with E-state index in [0.29, 0.717) is 12.5 Å². The van der Waals surface area contributed by atoms with Gasteiger partial charge in [-0.05, 0) is 56.5 Å². The molecule has 24 heavy (non-hydrogen) atoms. The molecule has 0 unspecified atom stereocenters. The first kappa shape index (κ1) is 18.7. The van der Waals surface area contributed by atoms with Crippen LogP contribution in [-0.2, 0) is 4.79 Å². The van der Waals surface area contributed by atoms with Gasteiger partial charge in [-0.2, -0.15) is 0 Å². The first-order chi connectivity index (χ1) is 11.2. The number of hydrogen-bond acceptors (Lipinski definition) is 5. The van der Waals surface area contributed by atoms with Crippen molar-refractivity contribution in [1.29, 1.82) is 0 Å². The summed E-state index contributed by atoms with van der Waals surface area (Å²) in [4.78, 5) is 16.7. The van der Waals surface area contributed by atoms with Crippen LogP contribution in [0.15, 0.2) is 29.6 Å². The molecule has 1 fully saturated rings. The van der Waals surface area contributed by atoms with Crippen LogP contribution in [0.1, 0.15) is 25.0 Å². The van der Waals surface area contributed by atoms with Gasteiger partial charge in [0.25, 0.3) is 0 Å². The number of nitrogens with zero attached hydrogens (tertiary/aromatic N) is 1. The van der Waals surface area contributed by atoms with Crippen molar-refractivity contribution in [1.82, 2.24) is 4.98 Å². The van der Waals surface area contributed by atoms with Crippen molar-refractivity contribution in [2.45, 2.75) is 26.2 Å². The standard InChI is InChI=1S/C17H22N4OS.ClH/c1-11-10-23-17(19-11)21-14-7-5-13(6-8-14)20-16(22)15-4-2-3-12(15)9-18;/h5-8,10,12,15H,2-4,9,18H2,1H3,(H,19,21)(H,20,22);1H/t12-,15-;/m1./s1. The van der Waals surface area contributed by atoms with Crippen molar-refractivity contribution in [3.63, 3.8) is 0 Å². The summed E-state index contributed by atoms with van der Waals surface area (Å²) in [5, 5.41) is 9.14. The Balaban J connectivity index is 0.00000208. The smallest absolute Gasteiger partial charge is 0.227 e. The topological polar surface area (TPSA) is 80.0 Å². The van der Waals surface area contributed by atoms with E-state index in [4.69, 9.17) is 5.73 Å². The fraction of sp³-hybridized carbons (Fsp3) is 0.412. The highest BCUT2D eigenvalue weighted by Gasteiger charge is 2.31. The summed E-state index contributed by atoms with van der Waals surface area (Å²) >= 11 is 1.57. The van der Waals surface area contributed by atoms with Crippen LogP contribution in [0, 0.1) is 18.8 Å². The zero-order valence-corrected chi connectivity index (χ0v) is 15.3. The molecule has 2 atom stereocenters. The second kappa shape index (κ2) is 8.46. The monoisotopic (exact) mass is 366 g/mol. The van der Waals surface area contributed by atoms with Crippen LogP contribution in [0.25, 0.3) is 0 Å². The van der Waals surface area contributed by atoms with Gasteiger partial charge in [0.1, 0.15) is 0 Å². The van der Waals surface area contributed by atoms with Gasteiger partial charge in [-0.15, -0.1) is 23.7 Å². The van der Waals surface area contributed by atoms with E-state index in [2.05, 4.69) is 15.6 Å². The summed E-state index contributed by atoms with van der Waals surface area (Å²) in [7, 11) is 0. The van der Waals surface area contributed by atoms with E-state index in [1.807, 2.05) is 36.6 Å². The van der Waals surface area contributed by atoms with Gasteiger partial charge in [-0.3, -0.25) is 4.79 Å². The molecule has 5 nitrogen and oxygen atoms in total. The molecule has 2 aromatic rings. The Kier molecular flexibility index (Phi) is 6.60. The highest BCUT2D eigenvalue weighted by Crippen LogP contribution is 2.32. The van der Waals surface area contributed by atoms with Gasteiger partial charge in [0, 0.05) is 22.7 Å². The number of carbonyl (C=O) groups excluding carboxylic acids is 1. The van der Waals surface area contributed by atoms with Crippen molar-refractivity contribution >= 4 is 46.2 Å². The van der Waals surface area contributed by atoms with Crippen molar-refractivity contribution in [2.75, 3.05) is 17.2 Å². The summed E-state index contributed by atoms with van der Waals surface area (Å²) in [6.07, 6.45) is 3.09. The summed E-state index contributed by atoms with van der Waals surface area (Å²) in [5.74, 6) is 0.467. The molecule has 0 saturated heterocycles. The molecule has 0 bridgehead atoms. The zero-order chi connectivity index (χ0) is 16.2. The van der Waals surface area contributed by atoms with Gasteiger partial charge in [0.05, 0.1) is 5.69 Å². The lowest BCUT2D eigenvalue weighted by molar-refractivity contribution is -0.120. The number of carbonyl (C=O) groups is 1. The molecule has 1 aliphatic carbocycles. The Labute approximate surface area is 152 Å². The van der Waals surface area contributed by atoms with E-state index < -0.39 is 0 Å². The highest BCUT2D eigenvalue weighted by atomic mass is 35.5. The average molecular weight is 367 g/mol. The van der Waals surface area contributed by atoms with Gasteiger partial charge in [-0.25, -0.2) is 4.98 Å². The van der Waals surface area contributed by atoms with Crippen LogP contribution < -0.4 is 16.4 Å². The van der Waals surface area contributed by atoms with Crippen LogP contribution in [-0.4, -0.2) is 17.4 Å². The zero-order valence-electron chi connectivity index (χ0n) is 13.6. The van der Waals surface area contributed by atoms with Gasteiger partial charge in [-0.1, -0.05) is 6.42 Å². The minimum absolute atomic E-state index is 0. The molecule has 1 aromatic heterocycles. The van der Waals surface area contributed by atoms with E-state index in [0.717, 1.165) is 41.5 Å². The Morgan fingerprint density at radius 1 is 1.29 bits per heavy atom. The number of benzene rings is 1. The first-order valence-corrected chi connectivity index (χ1v) is 8.84. The Bertz CT molecular complexity index is 673. The largest absolute Gasteiger partial charge is 0.332 e. The molecular formula is C17H23ClN4OS. The quantitative estimate of drug-likeness (QED) is 0.748. The number of nitrogens with one attached hydrogen (secondary N) is 2. The highest BCUT2D eigenvalue weighted by molar-refractivity contribution is 7.13. The third-order valence-electron chi connectivity index (χ3n) is 4.32. The third-order valence-corrected chi connectivity index (χ3v) is 5.20. The molecule has 3 rings (SSSR count). The maximum Gasteiger partial charge on any atom is 0.227 e. The SMILES string of the molecule is Cc1csc(Nc2ccc(NC(=O)[C@@H]3CCC[C@@H]3CN)cc2)n1.Cl. The lowest BCUT2D eigenvalue weighted by atomic mass is 9.95. The van der Waals surface area contributed by atoms with E-state index in [-0.39, 0.29) is 24.2 Å². The Morgan fingerprint density at radius 2 is 2.00 bits per heavy atom. The number of hydrogen-bond donors (Lipinski definition) is 3. The fourth-order valence-electron chi connectivity index (χ4n) is 3.07. The van der Waals surface area contributed by atoms with Gasteiger partial charge >= 0.3 is 0 Å². The lowest BCUT2D eigenvalue weighted by Gasteiger charge is -2.17. The first-order valence-electron chi connectivity index (χ1n) is 7.96. The van der Waals surface area contributed by atoms with Crippen molar-refractivity contribution in [2.24, 2.45) is 17.6 Å². The van der Waals surface area contributed by atoms with Crippen LogP contribution in [0.4, 0.5) is 16.5 Å². The van der Waals surface area contributed by atoms with Crippen LogP contribution in [0.3, 0.4) is 0 Å². The van der Waals surface area contributed by atoms with Crippen molar-refractivity contribution in [3.05, 3.63) is 35.3 Å². The number of amides is 1. The molecule has 130 valence electrons. The number of nitrogens with two attached hydrogens (primary N) is 1. The minimum atomic E-state index is 0. The van der Waals surface area contributed by atoms with Crippen molar-refractivity contribution in [3.8, 4) is 0 Å². The molecule has 1 aliphatic rings. The molecule has 0 aliphatic heterocycles. The molecule has 0 radical (unpaired) electrons. The fourth-order valence-corrected chi connectivity index (χ4v) is 3.78. The third kappa shape index (κ3) is 4.47. The van der Waals surface area contributed by atoms with Gasteiger partial charge in [0.15, 0.2) is 5.13 Å². The molecule has 1 saturated carbocycles. The predicted octanol–water partition coefficient (Wildman–Crippen LogP) is 3.93. The minimum Gasteiger partial charge on any atom is -0.332 e. The molecule has 7 heteroatoms. The van der Waals surface area contributed by atoms with E-state index >= 15 is 0 Å². The molecule has 1 heterocycles. The molecule has 0 spiro atoms. The summed E-state index contributed by atoms with van der Waals surface area (Å²) in [5.41, 5.74) is 8.54. The Morgan fingerprint density at radius 3 is 2.62 bits per heavy atom. The van der Waals surface area contributed by atoms with Gasteiger partial charge in [0.2, 0.25) is 5.91 Å². The van der Waals surface area contributed by atoms with E-state index in [9.17, 15) is 4.79 Å². The molecular weight excluding hydrogens is 344 g/mol. The average Bonchev–Trinajstić information content (AvgIpc) is 3.18. The molecule has 1 amide bonds. The number of anilines is 3. The Hall–Kier alpha value is -1.63. The lowest BCUT2D eigenvalue weighted by Crippen LogP contribution is -2.29. The van der Waals surface area contributed by atoms with Crippen LogP contribution >= 0.6 is 23.7 Å². The second-order valence-corrected chi connectivity index (χ2v) is 6.88. The number of halogens is 1. The van der Waals surface area contributed by atoms with Crippen LogP contribution in [0.2, 0.25) is 0 Å². The van der Waals surface area contributed by atoms with E-state index in [1.165, 1.54) is 0 Å². The van der Waals surface area contributed by atoms with E-state index in [1.54, 1.807) is 11.3 Å². The molecule has 4 N–H and O–H groups in total. The van der Waals surface area contributed by atoms with Crippen molar-refractivity contribution < 1.29 is 4.79 Å². The second-order valence-electron chi connectivity index (χ2n) is 6.02. The number of rotatable bonds is 5. The van der Waals surface area contributed by atoms with Gasteiger partial charge < -0.3 is 16.4 Å². The number of aromatic nitrogens is 1.